The van der Waals surface area contributed by atoms with Crippen molar-refractivity contribution in [3.8, 4) is 5.75 Å². The fourth-order valence-electron chi connectivity index (χ4n) is 3.20. The number of aryl methyl sites for hydroxylation is 2. The molecule has 2 aromatic heterocycles. The molecule has 0 spiro atoms. The maximum absolute atomic E-state index is 12.5. The second-order valence-electron chi connectivity index (χ2n) is 7.81. The van der Waals surface area contributed by atoms with Crippen molar-refractivity contribution in [1.29, 1.82) is 0 Å². The van der Waals surface area contributed by atoms with Gasteiger partial charge in [-0.15, -0.1) is 10.2 Å². The smallest absolute Gasteiger partial charge is 0.265 e. The number of rotatable bonds is 10. The van der Waals surface area contributed by atoms with E-state index < -0.39 is 0 Å². The highest BCUT2D eigenvalue weighted by Crippen LogP contribution is 2.26. The van der Waals surface area contributed by atoms with Crippen LogP contribution >= 0.6 is 23.1 Å². The number of thioether (sulfide) groups is 1. The van der Waals surface area contributed by atoms with E-state index in [2.05, 4.69) is 39.6 Å². The van der Waals surface area contributed by atoms with Gasteiger partial charge in [0.25, 0.3) is 5.91 Å². The van der Waals surface area contributed by atoms with Crippen LogP contribution in [0.25, 0.3) is 0 Å². The van der Waals surface area contributed by atoms with Crippen molar-refractivity contribution in [3.63, 3.8) is 0 Å². The molecule has 11 heteroatoms. The summed E-state index contributed by atoms with van der Waals surface area (Å²) in [7, 11) is 3.37. The molecule has 0 aliphatic heterocycles. The van der Waals surface area contributed by atoms with Crippen LogP contribution in [0.2, 0.25) is 0 Å². The van der Waals surface area contributed by atoms with Crippen molar-refractivity contribution in [2.75, 3.05) is 25.2 Å². The van der Waals surface area contributed by atoms with Gasteiger partial charge in [-0.1, -0.05) is 42.2 Å². The summed E-state index contributed by atoms with van der Waals surface area (Å²) in [4.78, 5) is 31.0. The van der Waals surface area contributed by atoms with Crippen LogP contribution in [-0.2, 0) is 17.8 Å². The average Bonchev–Trinajstić information content (AvgIpc) is 3.40. The molecule has 2 heterocycles. The predicted octanol–water partition coefficient (Wildman–Crippen LogP) is 4.20. The summed E-state index contributed by atoms with van der Waals surface area (Å²) < 4.78 is 8.01. The lowest BCUT2D eigenvalue weighted by Gasteiger charge is -2.15. The van der Waals surface area contributed by atoms with E-state index in [4.69, 9.17) is 4.74 Å². The van der Waals surface area contributed by atoms with Gasteiger partial charge in [0, 0.05) is 20.6 Å². The minimum atomic E-state index is -0.297. The Morgan fingerprint density at radius 1 is 1.21 bits per heavy atom. The van der Waals surface area contributed by atoms with Gasteiger partial charge in [-0.25, -0.2) is 4.98 Å². The summed E-state index contributed by atoms with van der Waals surface area (Å²) in [6.07, 6.45) is 0.681. The molecule has 1 unspecified atom stereocenters. The number of ether oxygens (including phenoxy) is 1. The second kappa shape index (κ2) is 11.5. The first kappa shape index (κ1) is 25.7. The van der Waals surface area contributed by atoms with E-state index in [-0.39, 0.29) is 23.7 Å². The number of anilines is 1. The van der Waals surface area contributed by atoms with Gasteiger partial charge in [0.05, 0.1) is 11.4 Å². The molecule has 0 aliphatic carbocycles. The summed E-state index contributed by atoms with van der Waals surface area (Å²) in [6.45, 7) is 8.45. The van der Waals surface area contributed by atoms with Crippen LogP contribution in [0.1, 0.15) is 53.6 Å². The lowest BCUT2D eigenvalue weighted by Crippen LogP contribution is -2.21. The minimum Gasteiger partial charge on any atom is -0.483 e. The van der Waals surface area contributed by atoms with Gasteiger partial charge in [0.1, 0.15) is 10.6 Å². The summed E-state index contributed by atoms with van der Waals surface area (Å²) in [6, 6.07) is 8.02. The van der Waals surface area contributed by atoms with E-state index in [0.717, 1.165) is 12.2 Å². The molecule has 0 bridgehead atoms. The molecule has 182 valence electrons. The highest BCUT2D eigenvalue weighted by molar-refractivity contribution is 7.99. The maximum Gasteiger partial charge on any atom is 0.265 e. The number of nitrogens with one attached hydrogen (secondary N) is 1. The molecule has 34 heavy (non-hydrogen) atoms. The number of nitrogens with zero attached hydrogens (tertiary/aromatic N) is 5. The minimum absolute atomic E-state index is 0.133. The Balaban J connectivity index is 1.61. The van der Waals surface area contributed by atoms with E-state index in [0.29, 0.717) is 33.2 Å². The Morgan fingerprint density at radius 2 is 1.91 bits per heavy atom. The molecule has 1 aromatic carbocycles. The van der Waals surface area contributed by atoms with Gasteiger partial charge >= 0.3 is 0 Å². The molecule has 1 N–H and O–H groups in total. The molecule has 3 aromatic rings. The van der Waals surface area contributed by atoms with Crippen molar-refractivity contribution >= 4 is 40.0 Å². The topological polar surface area (TPSA) is 102 Å². The number of hydrogen-bond donors (Lipinski definition) is 1. The van der Waals surface area contributed by atoms with E-state index >= 15 is 0 Å². The lowest BCUT2D eigenvalue weighted by molar-refractivity contribution is -0.113. The van der Waals surface area contributed by atoms with E-state index in [1.165, 1.54) is 33.6 Å². The Bertz CT molecular complexity index is 1140. The van der Waals surface area contributed by atoms with Gasteiger partial charge in [-0.2, -0.15) is 0 Å². The third kappa shape index (κ3) is 6.15. The quantitative estimate of drug-likeness (QED) is 0.415. The molecular formula is C23H30N6O3S2. The zero-order valence-electron chi connectivity index (χ0n) is 20.3. The second-order valence-corrected chi connectivity index (χ2v) is 9.75. The number of carbonyl (C=O) groups excluding carboxylic acids is 2. The molecule has 0 fully saturated rings. The van der Waals surface area contributed by atoms with Crippen molar-refractivity contribution in [2.45, 2.75) is 51.9 Å². The predicted molar refractivity (Wildman–Crippen MR) is 135 cm³/mol. The Hall–Kier alpha value is -2.92. The first-order chi connectivity index (χ1) is 16.2. The summed E-state index contributed by atoms with van der Waals surface area (Å²) >= 11 is 2.47. The van der Waals surface area contributed by atoms with Gasteiger partial charge in [0.15, 0.2) is 22.2 Å². The summed E-state index contributed by atoms with van der Waals surface area (Å²) in [5.41, 5.74) is 1.85. The molecule has 0 saturated carbocycles. The van der Waals surface area contributed by atoms with Crippen molar-refractivity contribution in [1.82, 2.24) is 24.6 Å². The lowest BCUT2D eigenvalue weighted by atomic mass is 10.2. The number of carbonyl (C=O) groups is 2. The van der Waals surface area contributed by atoms with E-state index in [1.807, 2.05) is 30.5 Å². The van der Waals surface area contributed by atoms with Gasteiger partial charge in [0.2, 0.25) is 5.91 Å². The zero-order chi connectivity index (χ0) is 24.8. The number of amides is 2. The Labute approximate surface area is 207 Å². The SMILES string of the molecule is CCc1ccc(OC(C)c2nnc(SCC(=O)Nc3nc(C)c(C(=O)N(C)C)s3)n2CC)cc1. The maximum atomic E-state index is 12.5. The van der Waals surface area contributed by atoms with Gasteiger partial charge < -0.3 is 19.5 Å². The van der Waals surface area contributed by atoms with Gasteiger partial charge in [-0.05, 0) is 44.9 Å². The van der Waals surface area contributed by atoms with Crippen molar-refractivity contribution < 1.29 is 14.3 Å². The molecule has 1 atom stereocenters. The fraction of sp³-hybridized carbons (Fsp3) is 0.435. The average molecular weight is 503 g/mol. The third-order valence-electron chi connectivity index (χ3n) is 5.05. The number of thiazole rings is 1. The molecule has 3 rings (SSSR count). The Morgan fingerprint density at radius 3 is 2.53 bits per heavy atom. The first-order valence-electron chi connectivity index (χ1n) is 11.0. The molecule has 9 nitrogen and oxygen atoms in total. The van der Waals surface area contributed by atoms with Crippen LogP contribution in [0, 0.1) is 6.92 Å². The Kier molecular flexibility index (Phi) is 8.67. The van der Waals surface area contributed by atoms with Crippen LogP contribution in [-0.4, -0.2) is 56.3 Å². The van der Waals surface area contributed by atoms with Crippen LogP contribution in [0.3, 0.4) is 0 Å². The standard InChI is InChI=1S/C23H30N6O3S2/c1-7-16-9-11-17(12-10-16)32-15(4)20-26-27-23(29(20)8-2)33-13-18(30)25-22-24-14(3)19(34-22)21(31)28(5)6/h9-12,15H,7-8,13H2,1-6H3,(H,24,25,30). The molecule has 0 saturated heterocycles. The molecule has 2 amide bonds. The summed E-state index contributed by atoms with van der Waals surface area (Å²) in [5.74, 6) is 1.25. The van der Waals surface area contributed by atoms with Crippen LogP contribution < -0.4 is 10.1 Å². The van der Waals surface area contributed by atoms with E-state index in [9.17, 15) is 9.59 Å². The highest BCUT2D eigenvalue weighted by Gasteiger charge is 2.21. The molecular weight excluding hydrogens is 472 g/mol. The van der Waals surface area contributed by atoms with E-state index in [1.54, 1.807) is 21.0 Å². The fourth-order valence-corrected chi connectivity index (χ4v) is 5.02. The van der Waals surface area contributed by atoms with Crippen LogP contribution in [0.15, 0.2) is 29.4 Å². The van der Waals surface area contributed by atoms with Crippen LogP contribution in [0.5, 0.6) is 5.75 Å². The zero-order valence-corrected chi connectivity index (χ0v) is 21.9. The monoisotopic (exact) mass is 502 g/mol. The first-order valence-corrected chi connectivity index (χ1v) is 12.8. The van der Waals surface area contributed by atoms with Gasteiger partial charge in [-0.3, -0.25) is 9.59 Å². The highest BCUT2D eigenvalue weighted by atomic mass is 32.2. The molecule has 0 aliphatic rings. The number of benzene rings is 1. The van der Waals surface area contributed by atoms with Crippen molar-refractivity contribution in [2.24, 2.45) is 0 Å². The number of aromatic nitrogens is 4. The van der Waals surface area contributed by atoms with Crippen LogP contribution in [0.4, 0.5) is 5.13 Å². The van der Waals surface area contributed by atoms with Crippen molar-refractivity contribution in [3.05, 3.63) is 46.2 Å². The third-order valence-corrected chi connectivity index (χ3v) is 7.07. The normalized spacial score (nSPS) is 11.8. The molecule has 0 radical (unpaired) electrons. The number of hydrogen-bond acceptors (Lipinski definition) is 8. The largest absolute Gasteiger partial charge is 0.483 e. The summed E-state index contributed by atoms with van der Waals surface area (Å²) in [5, 5.41) is 12.4.